The Labute approximate surface area is 76.9 Å². The summed E-state index contributed by atoms with van der Waals surface area (Å²) in [4.78, 5) is 20.4. The molecule has 0 amide bonds. The standard InChI is InChI=1S/C11H9O2/c1-9-2-4-10(5-3-9)6-7-11(13)8-12/h2-7H,1H3/b7-6+. The Morgan fingerprint density at radius 3 is 2.46 bits per heavy atom. The molecule has 0 unspecified atom stereocenters. The smallest absolute Gasteiger partial charge is 0.276 e. The van der Waals surface area contributed by atoms with Crippen LogP contribution >= 0.6 is 0 Å². The van der Waals surface area contributed by atoms with Gasteiger partial charge in [0.15, 0.2) is 0 Å². The van der Waals surface area contributed by atoms with Crippen molar-refractivity contribution in [2.45, 2.75) is 6.92 Å². The summed E-state index contributed by atoms with van der Waals surface area (Å²) < 4.78 is 0. The number of benzene rings is 1. The first-order chi connectivity index (χ1) is 6.22. The highest BCUT2D eigenvalue weighted by Gasteiger charge is 1.92. The summed E-state index contributed by atoms with van der Waals surface area (Å²) in [6, 6.07) is 7.64. The monoisotopic (exact) mass is 173 g/mol. The molecular weight excluding hydrogens is 164 g/mol. The second-order valence-corrected chi connectivity index (χ2v) is 2.71. The molecule has 0 aliphatic carbocycles. The number of carbonyl (C=O) groups excluding carboxylic acids is 2. The maximum Gasteiger partial charge on any atom is 0.276 e. The molecule has 0 fully saturated rings. The lowest BCUT2D eigenvalue weighted by Crippen LogP contribution is -1.90. The van der Waals surface area contributed by atoms with Crippen LogP contribution in [-0.4, -0.2) is 12.1 Å². The minimum Gasteiger partial charge on any atom is -0.285 e. The molecule has 13 heavy (non-hydrogen) atoms. The molecule has 1 rings (SSSR count). The Morgan fingerprint density at radius 1 is 1.31 bits per heavy atom. The van der Waals surface area contributed by atoms with Crippen molar-refractivity contribution in [3.05, 3.63) is 41.5 Å². The van der Waals surface area contributed by atoms with E-state index in [0.717, 1.165) is 11.1 Å². The minimum absolute atomic E-state index is 0.638. The highest BCUT2D eigenvalue weighted by atomic mass is 16.2. The average Bonchev–Trinajstić information content (AvgIpc) is 2.16. The molecule has 0 aliphatic heterocycles. The number of aryl methyl sites for hydroxylation is 1. The van der Waals surface area contributed by atoms with Gasteiger partial charge in [0.25, 0.3) is 6.29 Å². The van der Waals surface area contributed by atoms with Crippen molar-refractivity contribution in [1.29, 1.82) is 0 Å². The van der Waals surface area contributed by atoms with Gasteiger partial charge in [-0.25, -0.2) is 0 Å². The van der Waals surface area contributed by atoms with Gasteiger partial charge in [0.1, 0.15) is 0 Å². The molecule has 65 valence electrons. The van der Waals surface area contributed by atoms with E-state index in [1.807, 2.05) is 31.2 Å². The Kier molecular flexibility index (Phi) is 3.15. The lowest BCUT2D eigenvalue weighted by atomic mass is 10.1. The van der Waals surface area contributed by atoms with Gasteiger partial charge in [-0.05, 0) is 18.6 Å². The van der Waals surface area contributed by atoms with Gasteiger partial charge in [0.2, 0.25) is 5.78 Å². The maximum atomic E-state index is 10.5. The zero-order valence-electron chi connectivity index (χ0n) is 7.28. The van der Waals surface area contributed by atoms with Crippen LogP contribution in [0.1, 0.15) is 11.1 Å². The lowest BCUT2D eigenvalue weighted by Gasteiger charge is -1.92. The Hall–Kier alpha value is -1.70. The molecule has 0 heterocycles. The van der Waals surface area contributed by atoms with Gasteiger partial charge in [0.05, 0.1) is 0 Å². The fourth-order valence-corrected chi connectivity index (χ4v) is 0.883. The second-order valence-electron chi connectivity index (χ2n) is 2.71. The van der Waals surface area contributed by atoms with E-state index >= 15 is 0 Å². The van der Waals surface area contributed by atoms with Crippen molar-refractivity contribution in [2.24, 2.45) is 0 Å². The highest BCUT2D eigenvalue weighted by molar-refractivity contribution is 6.31. The predicted molar refractivity (Wildman–Crippen MR) is 50.9 cm³/mol. The van der Waals surface area contributed by atoms with Crippen molar-refractivity contribution in [2.75, 3.05) is 0 Å². The van der Waals surface area contributed by atoms with E-state index in [0.29, 0.717) is 0 Å². The number of hydrogen-bond donors (Lipinski definition) is 0. The van der Waals surface area contributed by atoms with Crippen LogP contribution in [0.5, 0.6) is 0 Å². The van der Waals surface area contributed by atoms with E-state index in [2.05, 4.69) is 0 Å². The molecule has 1 aromatic carbocycles. The summed E-state index contributed by atoms with van der Waals surface area (Å²) in [6.45, 7) is 1.98. The summed E-state index contributed by atoms with van der Waals surface area (Å²) in [6.07, 6.45) is 4.07. The van der Waals surface area contributed by atoms with Crippen molar-refractivity contribution >= 4 is 18.1 Å². The zero-order valence-corrected chi connectivity index (χ0v) is 7.28. The summed E-state index contributed by atoms with van der Waals surface area (Å²) in [5, 5.41) is 0. The quantitative estimate of drug-likeness (QED) is 0.515. The molecule has 0 N–H and O–H groups in total. The molecule has 0 aromatic heterocycles. The van der Waals surface area contributed by atoms with E-state index < -0.39 is 5.78 Å². The number of hydrogen-bond acceptors (Lipinski definition) is 2. The molecule has 0 aliphatic rings. The molecule has 0 atom stereocenters. The van der Waals surface area contributed by atoms with Gasteiger partial charge in [0, 0.05) is 0 Å². The van der Waals surface area contributed by atoms with Crippen LogP contribution in [0.4, 0.5) is 0 Å². The number of carbonyl (C=O) groups is 1. The average molecular weight is 173 g/mol. The number of ketones is 1. The fraction of sp³-hybridized carbons (Fsp3) is 0.0909. The molecular formula is C11H9O2. The van der Waals surface area contributed by atoms with Crippen molar-refractivity contribution in [3.8, 4) is 0 Å². The van der Waals surface area contributed by atoms with Crippen molar-refractivity contribution in [3.63, 3.8) is 0 Å². The third-order valence-corrected chi connectivity index (χ3v) is 1.61. The van der Waals surface area contributed by atoms with Crippen molar-refractivity contribution < 1.29 is 9.59 Å². The molecule has 0 saturated carbocycles. The Bertz CT molecular complexity index is 334. The van der Waals surface area contributed by atoms with Crippen molar-refractivity contribution in [1.82, 2.24) is 0 Å². The Morgan fingerprint density at radius 2 is 1.92 bits per heavy atom. The highest BCUT2D eigenvalue weighted by Crippen LogP contribution is 2.04. The molecule has 2 nitrogen and oxygen atoms in total. The van der Waals surface area contributed by atoms with Crippen LogP contribution in [0.2, 0.25) is 0 Å². The normalized spacial score (nSPS) is 10.2. The maximum absolute atomic E-state index is 10.5. The van der Waals surface area contributed by atoms with Gasteiger partial charge in [-0.1, -0.05) is 35.9 Å². The van der Waals surface area contributed by atoms with Crippen LogP contribution in [0.25, 0.3) is 6.08 Å². The van der Waals surface area contributed by atoms with Gasteiger partial charge in [-0.2, -0.15) is 0 Å². The molecule has 1 radical (unpaired) electrons. The molecule has 0 saturated heterocycles. The number of rotatable bonds is 3. The van der Waals surface area contributed by atoms with Crippen LogP contribution in [-0.2, 0) is 9.59 Å². The first-order valence-electron chi connectivity index (χ1n) is 3.89. The summed E-state index contributed by atoms with van der Waals surface area (Å²) >= 11 is 0. The molecule has 1 aromatic rings. The third kappa shape index (κ3) is 3.03. The number of allylic oxidation sites excluding steroid dienone is 1. The van der Waals surface area contributed by atoms with Gasteiger partial charge < -0.3 is 0 Å². The molecule has 2 heteroatoms. The van der Waals surface area contributed by atoms with Crippen LogP contribution in [0.3, 0.4) is 0 Å². The van der Waals surface area contributed by atoms with E-state index in [9.17, 15) is 9.59 Å². The van der Waals surface area contributed by atoms with E-state index in [1.165, 1.54) is 12.4 Å². The van der Waals surface area contributed by atoms with Gasteiger partial charge >= 0.3 is 0 Å². The van der Waals surface area contributed by atoms with E-state index in [-0.39, 0.29) is 0 Å². The minimum atomic E-state index is -0.638. The summed E-state index contributed by atoms with van der Waals surface area (Å²) in [5.41, 5.74) is 2.06. The lowest BCUT2D eigenvalue weighted by molar-refractivity contribution is -0.108. The topological polar surface area (TPSA) is 34.1 Å². The molecule has 0 bridgehead atoms. The summed E-state index contributed by atoms with van der Waals surface area (Å²) in [7, 11) is 0. The SMILES string of the molecule is Cc1ccc(/C=C/C(=O)[C]=O)cc1. The first-order valence-corrected chi connectivity index (χ1v) is 3.89. The zero-order chi connectivity index (χ0) is 9.68. The first kappa shape index (κ1) is 9.39. The van der Waals surface area contributed by atoms with E-state index in [1.54, 1.807) is 6.08 Å². The second kappa shape index (κ2) is 4.36. The fourth-order valence-electron chi connectivity index (χ4n) is 0.883. The van der Waals surface area contributed by atoms with Crippen LogP contribution in [0.15, 0.2) is 30.3 Å². The van der Waals surface area contributed by atoms with Gasteiger partial charge in [-0.15, -0.1) is 0 Å². The third-order valence-electron chi connectivity index (χ3n) is 1.61. The largest absolute Gasteiger partial charge is 0.285 e. The summed E-state index contributed by atoms with van der Waals surface area (Å²) in [5.74, 6) is -0.638. The molecule has 0 spiro atoms. The van der Waals surface area contributed by atoms with Crippen LogP contribution in [0, 0.1) is 6.92 Å². The Balaban J connectivity index is 2.74. The van der Waals surface area contributed by atoms with E-state index in [4.69, 9.17) is 0 Å². The predicted octanol–water partition coefficient (Wildman–Crippen LogP) is 1.69. The van der Waals surface area contributed by atoms with Crippen LogP contribution < -0.4 is 0 Å². The van der Waals surface area contributed by atoms with Gasteiger partial charge in [-0.3, -0.25) is 9.59 Å².